The van der Waals surface area contributed by atoms with Crippen LogP contribution >= 0.6 is 50.7 Å². The minimum atomic E-state index is -0.0784. The third kappa shape index (κ3) is 3.45. The maximum absolute atomic E-state index is 6.30. The highest BCUT2D eigenvalue weighted by atomic mass is 79.9. The molecule has 1 atom stereocenters. The lowest BCUT2D eigenvalue weighted by molar-refractivity contribution is 0.692. The maximum atomic E-state index is 6.30. The zero-order valence-electron chi connectivity index (χ0n) is 10.1. The average molecular weight is 380 g/mol. The van der Waals surface area contributed by atoms with Gasteiger partial charge >= 0.3 is 0 Å². The fourth-order valence-electron chi connectivity index (χ4n) is 1.95. The summed E-state index contributed by atoms with van der Waals surface area (Å²) in [5, 5.41) is 5.14. The van der Waals surface area contributed by atoms with E-state index in [1.54, 1.807) is 6.07 Å². The topological polar surface area (TPSA) is 12.0 Å². The summed E-state index contributed by atoms with van der Waals surface area (Å²) in [5.74, 6) is 0. The van der Waals surface area contributed by atoms with Gasteiger partial charge in [0.1, 0.15) is 0 Å². The molecule has 0 saturated heterocycles. The molecular weight excluding hydrogens is 368 g/mol. The molecule has 2 aromatic rings. The molecule has 1 unspecified atom stereocenters. The number of rotatable bonds is 3. The summed E-state index contributed by atoms with van der Waals surface area (Å²) in [6, 6.07) is 11.2. The number of hydrogen-bond acceptors (Lipinski definition) is 1. The predicted octanol–water partition coefficient (Wildman–Crippen LogP) is 5.72. The van der Waals surface area contributed by atoms with E-state index in [9.17, 15) is 0 Å². The van der Waals surface area contributed by atoms with Crippen LogP contribution in [0.25, 0.3) is 0 Å². The van der Waals surface area contributed by atoms with Crippen molar-refractivity contribution in [3.05, 3.63) is 67.1 Å². The summed E-state index contributed by atoms with van der Waals surface area (Å²) in [7, 11) is 1.87. The zero-order valence-corrected chi connectivity index (χ0v) is 13.9. The molecule has 1 N–H and O–H groups in total. The highest BCUT2D eigenvalue weighted by molar-refractivity contribution is 9.10. The van der Waals surface area contributed by atoms with Gasteiger partial charge < -0.3 is 5.32 Å². The van der Waals surface area contributed by atoms with E-state index < -0.39 is 0 Å². The van der Waals surface area contributed by atoms with Gasteiger partial charge in [0.25, 0.3) is 0 Å². The van der Waals surface area contributed by atoms with Crippen LogP contribution in [0.2, 0.25) is 15.1 Å². The molecule has 0 spiro atoms. The van der Waals surface area contributed by atoms with Crippen molar-refractivity contribution in [2.24, 2.45) is 0 Å². The van der Waals surface area contributed by atoms with Crippen LogP contribution in [-0.4, -0.2) is 7.05 Å². The van der Waals surface area contributed by atoms with E-state index in [2.05, 4.69) is 21.2 Å². The highest BCUT2D eigenvalue weighted by Gasteiger charge is 2.18. The van der Waals surface area contributed by atoms with Crippen LogP contribution in [0.1, 0.15) is 17.2 Å². The second-order valence-corrected chi connectivity index (χ2v) is 6.22. The summed E-state index contributed by atoms with van der Waals surface area (Å²) in [5.41, 5.74) is 1.91. The fourth-order valence-corrected chi connectivity index (χ4v) is 3.25. The second-order valence-electron chi connectivity index (χ2n) is 4.05. The Morgan fingerprint density at radius 1 is 0.947 bits per heavy atom. The molecule has 0 aliphatic heterocycles. The Morgan fingerprint density at radius 3 is 2.05 bits per heavy atom. The lowest BCUT2D eigenvalue weighted by Crippen LogP contribution is -2.18. The summed E-state index contributed by atoms with van der Waals surface area (Å²) < 4.78 is 0.943. The second kappa shape index (κ2) is 6.47. The van der Waals surface area contributed by atoms with E-state index >= 15 is 0 Å². The lowest BCUT2D eigenvalue weighted by Gasteiger charge is -2.20. The van der Waals surface area contributed by atoms with Crippen molar-refractivity contribution in [3.63, 3.8) is 0 Å². The Hall–Kier alpha value is -0.250. The molecule has 5 heteroatoms. The number of nitrogens with one attached hydrogen (secondary N) is 1. The Morgan fingerprint density at radius 2 is 1.53 bits per heavy atom. The van der Waals surface area contributed by atoms with Crippen molar-refractivity contribution in [1.82, 2.24) is 5.32 Å². The summed E-state index contributed by atoms with van der Waals surface area (Å²) >= 11 is 21.9. The Balaban J connectivity index is 2.50. The Labute approximate surface area is 136 Å². The minimum Gasteiger partial charge on any atom is -0.309 e. The van der Waals surface area contributed by atoms with Crippen LogP contribution in [0.4, 0.5) is 0 Å². The lowest BCUT2D eigenvalue weighted by atomic mass is 9.99. The number of benzene rings is 2. The van der Waals surface area contributed by atoms with Crippen molar-refractivity contribution in [3.8, 4) is 0 Å². The quantitative estimate of drug-likeness (QED) is 0.719. The van der Waals surface area contributed by atoms with Crippen LogP contribution in [0.5, 0.6) is 0 Å². The summed E-state index contributed by atoms with van der Waals surface area (Å²) in [4.78, 5) is 0. The molecule has 0 aromatic heterocycles. The van der Waals surface area contributed by atoms with Crippen molar-refractivity contribution in [1.29, 1.82) is 0 Å². The molecule has 0 aliphatic rings. The number of hydrogen-bond donors (Lipinski definition) is 1. The first-order valence-electron chi connectivity index (χ1n) is 5.60. The van der Waals surface area contributed by atoms with Gasteiger partial charge in [-0.25, -0.2) is 0 Å². The van der Waals surface area contributed by atoms with Crippen molar-refractivity contribution >= 4 is 50.7 Å². The largest absolute Gasteiger partial charge is 0.309 e. The molecule has 2 aromatic carbocycles. The third-order valence-corrected chi connectivity index (χ3v) is 4.22. The molecular formula is C14H11BrCl3N. The first-order chi connectivity index (χ1) is 9.02. The molecule has 0 heterocycles. The van der Waals surface area contributed by atoms with Gasteiger partial charge in [-0.05, 0) is 42.4 Å². The van der Waals surface area contributed by atoms with Gasteiger partial charge in [-0.1, -0.05) is 62.9 Å². The van der Waals surface area contributed by atoms with Crippen molar-refractivity contribution < 1.29 is 0 Å². The summed E-state index contributed by atoms with van der Waals surface area (Å²) in [6.45, 7) is 0. The van der Waals surface area contributed by atoms with Crippen LogP contribution in [0.3, 0.4) is 0 Å². The molecule has 19 heavy (non-hydrogen) atoms. The molecule has 0 bridgehead atoms. The van der Waals surface area contributed by atoms with Crippen LogP contribution in [-0.2, 0) is 0 Å². The van der Waals surface area contributed by atoms with Crippen molar-refractivity contribution in [2.75, 3.05) is 7.05 Å². The molecule has 0 aliphatic carbocycles. The van der Waals surface area contributed by atoms with E-state index in [-0.39, 0.29) is 6.04 Å². The molecule has 100 valence electrons. The molecule has 0 saturated carbocycles. The standard InChI is InChI=1S/C14H11BrCl3N/c1-19-14(10-4-2-8(15)6-12(10)17)11-5-3-9(16)7-13(11)18/h2-7,14,19H,1H3. The van der Waals surface area contributed by atoms with E-state index in [4.69, 9.17) is 34.8 Å². The molecule has 0 fully saturated rings. The Kier molecular flexibility index (Phi) is 5.15. The van der Waals surface area contributed by atoms with Gasteiger partial charge in [0.2, 0.25) is 0 Å². The zero-order chi connectivity index (χ0) is 14.0. The van der Waals surface area contributed by atoms with E-state index in [0.29, 0.717) is 15.1 Å². The predicted molar refractivity (Wildman–Crippen MR) is 86.5 cm³/mol. The first kappa shape index (κ1) is 15.1. The van der Waals surface area contributed by atoms with Gasteiger partial charge in [-0.2, -0.15) is 0 Å². The van der Waals surface area contributed by atoms with Gasteiger partial charge in [-0.3, -0.25) is 0 Å². The summed E-state index contributed by atoms with van der Waals surface area (Å²) in [6.07, 6.45) is 0. The smallest absolute Gasteiger partial charge is 0.0603 e. The third-order valence-electron chi connectivity index (χ3n) is 2.84. The van der Waals surface area contributed by atoms with Crippen LogP contribution < -0.4 is 5.32 Å². The first-order valence-corrected chi connectivity index (χ1v) is 7.52. The van der Waals surface area contributed by atoms with Crippen LogP contribution in [0.15, 0.2) is 40.9 Å². The van der Waals surface area contributed by atoms with Gasteiger partial charge in [0.15, 0.2) is 0 Å². The monoisotopic (exact) mass is 377 g/mol. The van der Waals surface area contributed by atoms with Crippen LogP contribution in [0, 0.1) is 0 Å². The van der Waals surface area contributed by atoms with Crippen molar-refractivity contribution in [2.45, 2.75) is 6.04 Å². The van der Waals surface area contributed by atoms with Gasteiger partial charge in [-0.15, -0.1) is 0 Å². The number of halogens is 4. The highest BCUT2D eigenvalue weighted by Crippen LogP contribution is 2.34. The fraction of sp³-hybridized carbons (Fsp3) is 0.143. The Bertz CT molecular complexity index is 550. The normalized spacial score (nSPS) is 12.5. The maximum Gasteiger partial charge on any atom is 0.0603 e. The molecule has 0 amide bonds. The molecule has 0 radical (unpaired) electrons. The average Bonchev–Trinajstić information content (AvgIpc) is 2.34. The SMILES string of the molecule is CNC(c1ccc(Cl)cc1Cl)c1ccc(Br)cc1Cl. The van der Waals surface area contributed by atoms with E-state index in [1.807, 2.05) is 37.4 Å². The van der Waals surface area contributed by atoms with E-state index in [1.165, 1.54) is 0 Å². The minimum absolute atomic E-state index is 0.0784. The van der Waals surface area contributed by atoms with E-state index in [0.717, 1.165) is 15.6 Å². The van der Waals surface area contributed by atoms with Gasteiger partial charge in [0.05, 0.1) is 6.04 Å². The molecule has 2 rings (SSSR count). The molecule has 1 nitrogen and oxygen atoms in total. The van der Waals surface area contributed by atoms with Gasteiger partial charge in [0, 0.05) is 19.5 Å².